The number of nitrogens with one attached hydrogen (secondary N) is 3. The molecule has 34 heavy (non-hydrogen) atoms. The number of aromatic nitrogens is 1. The Hall–Kier alpha value is -2.68. The molecular weight excluding hydrogens is 456 g/mol. The Kier molecular flexibility index (Phi) is 9.68. The Morgan fingerprint density at radius 2 is 2.09 bits per heavy atom. The standard InChI is InChI=1S/C25H33ClN4O4/c1-4-33-10-5-11-34-23-9-7-18(15-27-23)21-13-22(31)30-24(29-21)19-12-17(6-8-20(19)26)14-28-25(32)16(2)3/h6-9,12,15-16,21,24,29H,4-5,10-11,13-14H2,1-3H3,(H,28,32)(H,30,31). The number of rotatable bonds is 11. The van der Waals surface area contributed by atoms with E-state index in [4.69, 9.17) is 21.1 Å². The SMILES string of the molecule is CCOCCCOc1ccc(C2CC(=O)NC(c3cc(CNC(=O)C(C)C)ccc3Cl)N2)cn1. The van der Waals surface area contributed by atoms with E-state index in [1.807, 2.05) is 45.0 Å². The van der Waals surface area contributed by atoms with E-state index in [-0.39, 0.29) is 30.2 Å². The summed E-state index contributed by atoms with van der Waals surface area (Å²) in [6.07, 6.45) is 2.35. The molecule has 1 aromatic heterocycles. The normalized spacial score (nSPS) is 18.0. The number of pyridine rings is 1. The van der Waals surface area contributed by atoms with Crippen LogP contribution in [-0.2, 0) is 20.9 Å². The van der Waals surface area contributed by atoms with Gasteiger partial charge in [-0.2, -0.15) is 0 Å². The van der Waals surface area contributed by atoms with E-state index in [1.54, 1.807) is 12.3 Å². The third kappa shape index (κ3) is 7.41. The first-order chi connectivity index (χ1) is 16.4. The topological polar surface area (TPSA) is 102 Å². The Morgan fingerprint density at radius 1 is 1.26 bits per heavy atom. The first kappa shape index (κ1) is 25.9. The number of carbonyl (C=O) groups is 2. The lowest BCUT2D eigenvalue weighted by Gasteiger charge is -2.32. The molecule has 0 aliphatic carbocycles. The highest BCUT2D eigenvalue weighted by Crippen LogP contribution is 2.30. The van der Waals surface area contributed by atoms with Crippen molar-refractivity contribution in [1.29, 1.82) is 0 Å². The Bertz CT molecular complexity index is 968. The largest absolute Gasteiger partial charge is 0.478 e. The third-order valence-corrected chi connectivity index (χ3v) is 5.82. The van der Waals surface area contributed by atoms with Gasteiger partial charge >= 0.3 is 0 Å². The third-order valence-electron chi connectivity index (χ3n) is 5.47. The lowest BCUT2D eigenvalue weighted by molar-refractivity contribution is -0.125. The fraction of sp³-hybridized carbons (Fsp3) is 0.480. The highest BCUT2D eigenvalue weighted by molar-refractivity contribution is 6.31. The van der Waals surface area contributed by atoms with Gasteiger partial charge in [-0.1, -0.05) is 37.6 Å². The first-order valence-corrected chi connectivity index (χ1v) is 12.0. The maximum Gasteiger partial charge on any atom is 0.223 e. The van der Waals surface area contributed by atoms with Crippen molar-refractivity contribution in [1.82, 2.24) is 20.9 Å². The van der Waals surface area contributed by atoms with Crippen LogP contribution in [0, 0.1) is 5.92 Å². The van der Waals surface area contributed by atoms with E-state index in [0.717, 1.165) is 23.1 Å². The van der Waals surface area contributed by atoms with Crippen molar-refractivity contribution < 1.29 is 19.1 Å². The van der Waals surface area contributed by atoms with Crippen LogP contribution in [-0.4, -0.2) is 36.6 Å². The van der Waals surface area contributed by atoms with Crippen LogP contribution in [0.4, 0.5) is 0 Å². The predicted octanol–water partition coefficient (Wildman–Crippen LogP) is 3.66. The number of benzene rings is 1. The van der Waals surface area contributed by atoms with Crippen molar-refractivity contribution >= 4 is 23.4 Å². The lowest BCUT2D eigenvalue weighted by atomic mass is 9.99. The van der Waals surface area contributed by atoms with E-state index in [1.165, 1.54) is 0 Å². The zero-order valence-corrected chi connectivity index (χ0v) is 20.7. The Balaban J connectivity index is 1.65. The van der Waals surface area contributed by atoms with Gasteiger partial charge in [0.25, 0.3) is 0 Å². The molecule has 9 heteroatoms. The molecule has 1 saturated heterocycles. The molecule has 0 radical (unpaired) electrons. The number of ether oxygens (including phenoxy) is 2. The predicted molar refractivity (Wildman–Crippen MR) is 130 cm³/mol. The summed E-state index contributed by atoms with van der Waals surface area (Å²) in [7, 11) is 0. The molecule has 2 amide bonds. The van der Waals surface area contributed by atoms with Crippen molar-refractivity contribution in [3.63, 3.8) is 0 Å². The zero-order valence-electron chi connectivity index (χ0n) is 19.9. The van der Waals surface area contributed by atoms with Crippen LogP contribution in [0.25, 0.3) is 0 Å². The van der Waals surface area contributed by atoms with Crippen LogP contribution < -0.4 is 20.7 Å². The van der Waals surface area contributed by atoms with Crippen LogP contribution in [0.5, 0.6) is 5.88 Å². The smallest absolute Gasteiger partial charge is 0.223 e. The summed E-state index contributed by atoms with van der Waals surface area (Å²) in [4.78, 5) is 28.8. The van der Waals surface area contributed by atoms with Crippen molar-refractivity contribution in [3.8, 4) is 5.88 Å². The van der Waals surface area contributed by atoms with E-state index in [2.05, 4.69) is 20.9 Å². The summed E-state index contributed by atoms with van der Waals surface area (Å²) < 4.78 is 11.0. The highest BCUT2D eigenvalue weighted by atomic mass is 35.5. The minimum atomic E-state index is -0.464. The van der Waals surface area contributed by atoms with Crippen LogP contribution >= 0.6 is 11.6 Å². The van der Waals surface area contributed by atoms with Crippen LogP contribution in [0.3, 0.4) is 0 Å². The van der Waals surface area contributed by atoms with Gasteiger partial charge in [0, 0.05) is 67.4 Å². The molecule has 1 aliphatic rings. The monoisotopic (exact) mass is 488 g/mol. The second-order valence-electron chi connectivity index (χ2n) is 8.48. The highest BCUT2D eigenvalue weighted by Gasteiger charge is 2.29. The number of nitrogens with zero attached hydrogens (tertiary/aromatic N) is 1. The number of hydrogen-bond acceptors (Lipinski definition) is 6. The number of carbonyl (C=O) groups excluding carboxylic acids is 2. The van der Waals surface area contributed by atoms with Gasteiger partial charge in [0.1, 0.15) is 6.17 Å². The molecule has 2 atom stereocenters. The fourth-order valence-corrected chi connectivity index (χ4v) is 3.80. The zero-order chi connectivity index (χ0) is 24.5. The fourth-order valence-electron chi connectivity index (χ4n) is 3.57. The van der Waals surface area contributed by atoms with Crippen LogP contribution in [0.2, 0.25) is 5.02 Å². The maximum absolute atomic E-state index is 12.5. The first-order valence-electron chi connectivity index (χ1n) is 11.6. The number of amides is 2. The van der Waals surface area contributed by atoms with Crippen molar-refractivity contribution in [2.75, 3.05) is 19.8 Å². The molecule has 0 bridgehead atoms. The van der Waals surface area contributed by atoms with E-state index in [9.17, 15) is 9.59 Å². The van der Waals surface area contributed by atoms with Gasteiger partial charge in [0.15, 0.2) is 0 Å². The van der Waals surface area contributed by atoms with Crippen molar-refractivity contribution in [2.45, 2.75) is 52.4 Å². The number of hydrogen-bond donors (Lipinski definition) is 3. The maximum atomic E-state index is 12.5. The van der Waals surface area contributed by atoms with Gasteiger partial charge in [0.05, 0.1) is 6.61 Å². The molecule has 184 valence electrons. The average molecular weight is 489 g/mol. The molecule has 8 nitrogen and oxygen atoms in total. The van der Waals surface area contributed by atoms with Gasteiger partial charge in [-0.15, -0.1) is 0 Å². The average Bonchev–Trinajstić information content (AvgIpc) is 2.83. The molecule has 3 N–H and O–H groups in total. The summed E-state index contributed by atoms with van der Waals surface area (Å²) in [5, 5.41) is 9.85. The van der Waals surface area contributed by atoms with Gasteiger partial charge < -0.3 is 20.1 Å². The Labute approximate surface area is 205 Å². The molecule has 0 spiro atoms. The Morgan fingerprint density at radius 3 is 2.79 bits per heavy atom. The second kappa shape index (κ2) is 12.7. The molecule has 1 fully saturated rings. The molecule has 1 aliphatic heterocycles. The summed E-state index contributed by atoms with van der Waals surface area (Å²) in [5.74, 6) is 0.345. The summed E-state index contributed by atoms with van der Waals surface area (Å²) in [6, 6.07) is 9.05. The number of halogens is 1. The van der Waals surface area contributed by atoms with Crippen molar-refractivity contribution in [3.05, 3.63) is 58.2 Å². The molecule has 2 aromatic rings. The molecule has 1 aromatic carbocycles. The second-order valence-corrected chi connectivity index (χ2v) is 8.89. The van der Waals surface area contributed by atoms with Crippen molar-refractivity contribution in [2.24, 2.45) is 5.92 Å². The minimum absolute atomic E-state index is 0.0186. The van der Waals surface area contributed by atoms with E-state index in [0.29, 0.717) is 37.3 Å². The van der Waals surface area contributed by atoms with Gasteiger partial charge in [-0.25, -0.2) is 4.98 Å². The molecule has 2 heterocycles. The van der Waals surface area contributed by atoms with E-state index >= 15 is 0 Å². The van der Waals surface area contributed by atoms with Gasteiger partial charge in [0.2, 0.25) is 17.7 Å². The lowest BCUT2D eigenvalue weighted by Crippen LogP contribution is -2.46. The minimum Gasteiger partial charge on any atom is -0.478 e. The molecule has 3 rings (SSSR count). The van der Waals surface area contributed by atoms with Gasteiger partial charge in [-0.05, 0) is 30.2 Å². The van der Waals surface area contributed by atoms with Gasteiger partial charge in [-0.3, -0.25) is 14.9 Å². The van der Waals surface area contributed by atoms with E-state index < -0.39 is 6.17 Å². The van der Waals surface area contributed by atoms with Crippen LogP contribution in [0.1, 0.15) is 62.5 Å². The summed E-state index contributed by atoms with van der Waals surface area (Å²) >= 11 is 6.47. The quantitative estimate of drug-likeness (QED) is 0.417. The molecular formula is C25H33ClN4O4. The molecule has 0 saturated carbocycles. The van der Waals surface area contributed by atoms with Crippen LogP contribution in [0.15, 0.2) is 36.5 Å². The summed E-state index contributed by atoms with van der Waals surface area (Å²) in [6.45, 7) is 7.93. The molecule has 2 unspecified atom stereocenters. The summed E-state index contributed by atoms with van der Waals surface area (Å²) in [5.41, 5.74) is 2.54.